The fraction of sp³-hybridized carbons (Fsp3) is 0.250. The van der Waals surface area contributed by atoms with Gasteiger partial charge in [0.05, 0.1) is 0 Å². The number of carbonyl (C=O) groups excluding carboxylic acids is 2. The van der Waals surface area contributed by atoms with Crippen LogP contribution in [0.2, 0.25) is 0 Å². The number of nitrogens with zero attached hydrogens (tertiary/aromatic N) is 2. The third-order valence-electron chi connectivity index (χ3n) is 4.96. The molecular formula is C24H26N4O2. The predicted molar refractivity (Wildman–Crippen MR) is 116 cm³/mol. The molecule has 6 heteroatoms. The molecule has 30 heavy (non-hydrogen) atoms. The minimum atomic E-state index is -0.702. The number of amides is 2. The fourth-order valence-corrected chi connectivity index (χ4v) is 3.07. The van der Waals surface area contributed by atoms with Gasteiger partial charge in [-0.05, 0) is 60.9 Å². The third kappa shape index (κ3) is 5.98. The van der Waals surface area contributed by atoms with Crippen LogP contribution in [0.3, 0.4) is 0 Å². The molecule has 154 valence electrons. The summed E-state index contributed by atoms with van der Waals surface area (Å²) in [5.41, 5.74) is 4.47. The molecule has 2 amide bonds. The van der Waals surface area contributed by atoms with Gasteiger partial charge in [-0.2, -0.15) is 0 Å². The van der Waals surface area contributed by atoms with E-state index in [4.69, 9.17) is 0 Å². The summed E-state index contributed by atoms with van der Waals surface area (Å²) < 4.78 is 0. The third-order valence-corrected chi connectivity index (χ3v) is 4.96. The number of hydrogen-bond acceptors (Lipinski definition) is 4. The van der Waals surface area contributed by atoms with Crippen LogP contribution in [0.5, 0.6) is 0 Å². The lowest BCUT2D eigenvalue weighted by Crippen LogP contribution is -2.48. The van der Waals surface area contributed by atoms with Crippen LogP contribution in [0, 0.1) is 13.8 Å². The van der Waals surface area contributed by atoms with Gasteiger partial charge in [-0.1, -0.05) is 18.2 Å². The first-order valence-corrected chi connectivity index (χ1v) is 9.97. The normalized spacial score (nSPS) is 11.5. The average molecular weight is 402 g/mol. The number of rotatable bonds is 8. The molecule has 0 aliphatic heterocycles. The summed E-state index contributed by atoms with van der Waals surface area (Å²) in [6.07, 6.45) is 6.10. The number of pyridine rings is 2. The van der Waals surface area contributed by atoms with E-state index in [9.17, 15) is 9.59 Å². The second-order valence-corrected chi connectivity index (χ2v) is 7.25. The lowest BCUT2D eigenvalue weighted by Gasteiger charge is -2.19. The van der Waals surface area contributed by atoms with Crippen LogP contribution in [0.25, 0.3) is 0 Å². The zero-order chi connectivity index (χ0) is 21.3. The molecule has 2 heterocycles. The van der Waals surface area contributed by atoms with Crippen molar-refractivity contribution in [3.05, 3.63) is 95.1 Å². The van der Waals surface area contributed by atoms with E-state index in [2.05, 4.69) is 20.6 Å². The summed E-state index contributed by atoms with van der Waals surface area (Å²) in [4.78, 5) is 34.0. The van der Waals surface area contributed by atoms with Gasteiger partial charge < -0.3 is 10.6 Å². The van der Waals surface area contributed by atoms with E-state index in [0.717, 1.165) is 22.4 Å². The summed E-state index contributed by atoms with van der Waals surface area (Å²) in [7, 11) is 0. The average Bonchev–Trinajstić information content (AvgIpc) is 2.76. The van der Waals surface area contributed by atoms with Gasteiger partial charge >= 0.3 is 0 Å². The van der Waals surface area contributed by atoms with Gasteiger partial charge in [0, 0.05) is 49.2 Å². The van der Waals surface area contributed by atoms with Crippen molar-refractivity contribution >= 4 is 11.8 Å². The molecule has 1 aromatic carbocycles. The maximum Gasteiger partial charge on any atom is 0.251 e. The van der Waals surface area contributed by atoms with Crippen molar-refractivity contribution in [1.29, 1.82) is 0 Å². The van der Waals surface area contributed by atoms with Crippen LogP contribution in [-0.2, 0) is 17.6 Å². The Bertz CT molecular complexity index is 991. The standard InChI is InChI=1S/C24H26N4O2/c1-17-8-9-20(14-18(17)2)23(29)28-22(15-19-6-5-11-25-16-19)24(30)27-13-10-21-7-3-4-12-26-21/h3-9,11-12,14,16,22H,10,13,15H2,1-2H3,(H,27,30)(H,28,29)/t22-/m1/s1. The van der Waals surface area contributed by atoms with E-state index < -0.39 is 6.04 Å². The van der Waals surface area contributed by atoms with Crippen LogP contribution in [-0.4, -0.2) is 34.4 Å². The highest BCUT2D eigenvalue weighted by atomic mass is 16.2. The number of aromatic nitrogens is 2. The molecule has 0 saturated heterocycles. The molecule has 2 N–H and O–H groups in total. The van der Waals surface area contributed by atoms with Gasteiger partial charge in [-0.3, -0.25) is 19.6 Å². The minimum absolute atomic E-state index is 0.230. The van der Waals surface area contributed by atoms with E-state index in [1.165, 1.54) is 0 Å². The Morgan fingerprint density at radius 1 is 1.00 bits per heavy atom. The molecule has 0 aliphatic rings. The molecule has 0 fully saturated rings. The molecule has 3 rings (SSSR count). The summed E-state index contributed by atoms with van der Waals surface area (Å²) in [6.45, 7) is 4.40. The Hall–Kier alpha value is -3.54. The molecule has 1 atom stereocenters. The zero-order valence-electron chi connectivity index (χ0n) is 17.3. The Labute approximate surface area is 176 Å². The van der Waals surface area contributed by atoms with E-state index >= 15 is 0 Å². The van der Waals surface area contributed by atoms with Gasteiger partial charge in [0.1, 0.15) is 6.04 Å². The highest BCUT2D eigenvalue weighted by Gasteiger charge is 2.22. The van der Waals surface area contributed by atoms with Crippen LogP contribution in [0.4, 0.5) is 0 Å². The second-order valence-electron chi connectivity index (χ2n) is 7.25. The smallest absolute Gasteiger partial charge is 0.251 e. The van der Waals surface area contributed by atoms with Gasteiger partial charge in [-0.15, -0.1) is 0 Å². The van der Waals surface area contributed by atoms with Crippen molar-refractivity contribution < 1.29 is 9.59 Å². The Morgan fingerprint density at radius 3 is 2.57 bits per heavy atom. The quantitative estimate of drug-likeness (QED) is 0.607. The molecule has 0 radical (unpaired) electrons. The lowest BCUT2D eigenvalue weighted by molar-refractivity contribution is -0.122. The van der Waals surface area contributed by atoms with E-state index in [1.54, 1.807) is 24.7 Å². The summed E-state index contributed by atoms with van der Waals surface area (Å²) in [6, 6.07) is 14.2. The van der Waals surface area contributed by atoms with Gasteiger partial charge in [-0.25, -0.2) is 0 Å². The van der Waals surface area contributed by atoms with Crippen LogP contribution in [0.1, 0.15) is 32.7 Å². The van der Waals surface area contributed by atoms with E-state index in [1.807, 2.05) is 56.3 Å². The lowest BCUT2D eigenvalue weighted by atomic mass is 10.0. The summed E-state index contributed by atoms with van der Waals surface area (Å²) in [5, 5.41) is 5.80. The largest absolute Gasteiger partial charge is 0.354 e. The Morgan fingerprint density at radius 2 is 1.87 bits per heavy atom. The molecule has 3 aromatic rings. The minimum Gasteiger partial charge on any atom is -0.354 e. The molecule has 0 unspecified atom stereocenters. The first-order chi connectivity index (χ1) is 14.5. The SMILES string of the molecule is Cc1ccc(C(=O)N[C@H](Cc2cccnc2)C(=O)NCCc2ccccn2)cc1C. The molecule has 0 spiro atoms. The maximum atomic E-state index is 12.9. The van der Waals surface area contributed by atoms with Gasteiger partial charge in [0.2, 0.25) is 5.91 Å². The first kappa shape index (κ1) is 21.2. The van der Waals surface area contributed by atoms with E-state index in [-0.39, 0.29) is 11.8 Å². The topological polar surface area (TPSA) is 84.0 Å². The predicted octanol–water partition coefficient (Wildman–Crippen LogP) is 2.79. The van der Waals surface area contributed by atoms with Crippen molar-refractivity contribution in [3.8, 4) is 0 Å². The van der Waals surface area contributed by atoms with Crippen LogP contribution >= 0.6 is 0 Å². The first-order valence-electron chi connectivity index (χ1n) is 9.97. The number of hydrogen-bond donors (Lipinski definition) is 2. The number of nitrogens with one attached hydrogen (secondary N) is 2. The Balaban J connectivity index is 1.68. The zero-order valence-corrected chi connectivity index (χ0v) is 17.3. The monoisotopic (exact) mass is 402 g/mol. The number of carbonyl (C=O) groups is 2. The van der Waals surface area contributed by atoms with E-state index in [0.29, 0.717) is 24.9 Å². The highest BCUT2D eigenvalue weighted by Crippen LogP contribution is 2.11. The van der Waals surface area contributed by atoms with Crippen molar-refractivity contribution in [2.45, 2.75) is 32.7 Å². The van der Waals surface area contributed by atoms with Crippen LogP contribution < -0.4 is 10.6 Å². The summed E-state index contributed by atoms with van der Waals surface area (Å²) >= 11 is 0. The fourth-order valence-electron chi connectivity index (χ4n) is 3.07. The molecule has 0 saturated carbocycles. The molecule has 0 bridgehead atoms. The van der Waals surface area contributed by atoms with Crippen molar-refractivity contribution in [1.82, 2.24) is 20.6 Å². The Kier molecular flexibility index (Phi) is 7.27. The number of aryl methyl sites for hydroxylation is 2. The maximum absolute atomic E-state index is 12.9. The van der Waals surface area contributed by atoms with Gasteiger partial charge in [0.25, 0.3) is 5.91 Å². The van der Waals surface area contributed by atoms with Gasteiger partial charge in [0.15, 0.2) is 0 Å². The van der Waals surface area contributed by atoms with Crippen LogP contribution in [0.15, 0.2) is 67.1 Å². The van der Waals surface area contributed by atoms with Crippen molar-refractivity contribution in [2.75, 3.05) is 6.54 Å². The molecule has 0 aliphatic carbocycles. The number of benzene rings is 1. The molecule has 6 nitrogen and oxygen atoms in total. The van der Waals surface area contributed by atoms with Crippen molar-refractivity contribution in [3.63, 3.8) is 0 Å². The highest BCUT2D eigenvalue weighted by molar-refractivity contribution is 5.97. The summed E-state index contributed by atoms with van der Waals surface area (Å²) in [5.74, 6) is -0.501. The van der Waals surface area contributed by atoms with Crippen molar-refractivity contribution in [2.24, 2.45) is 0 Å². The molecular weight excluding hydrogens is 376 g/mol. The molecule has 2 aromatic heterocycles. The second kappa shape index (κ2) is 10.3.